The molecule has 0 bridgehead atoms. The summed E-state index contributed by atoms with van der Waals surface area (Å²) >= 11 is 0. The zero-order valence-electron chi connectivity index (χ0n) is 20.4. The van der Waals surface area contributed by atoms with Gasteiger partial charge in [-0.15, -0.1) is 0 Å². The fourth-order valence-corrected chi connectivity index (χ4v) is 4.87. The van der Waals surface area contributed by atoms with E-state index in [0.717, 1.165) is 31.2 Å². The molecule has 1 aliphatic rings. The summed E-state index contributed by atoms with van der Waals surface area (Å²) in [6.45, 7) is 4.76. The molecule has 0 N–H and O–H groups in total. The molecule has 0 saturated heterocycles. The number of para-hydroxylation sites is 1. The minimum absolute atomic E-state index is 0.00782. The van der Waals surface area contributed by atoms with Crippen molar-refractivity contribution in [1.29, 1.82) is 0 Å². The molecule has 1 aliphatic carbocycles. The van der Waals surface area contributed by atoms with Gasteiger partial charge in [0.1, 0.15) is 11.6 Å². The number of nitrogens with zero attached hydrogens (tertiary/aromatic N) is 3. The summed E-state index contributed by atoms with van der Waals surface area (Å²) in [7, 11) is 3.22. The van der Waals surface area contributed by atoms with E-state index in [1.54, 1.807) is 24.9 Å². The Morgan fingerprint density at radius 1 is 1.18 bits per heavy atom. The first kappa shape index (κ1) is 24.0. The van der Waals surface area contributed by atoms with Crippen LogP contribution in [0.25, 0.3) is 16.6 Å². The van der Waals surface area contributed by atoms with Crippen LogP contribution in [0.15, 0.2) is 47.3 Å². The quantitative estimate of drug-likeness (QED) is 0.494. The Kier molecular flexibility index (Phi) is 7.32. The number of hydrogen-bond acceptors (Lipinski definition) is 5. The summed E-state index contributed by atoms with van der Waals surface area (Å²) in [6.07, 6.45) is 3.95. The summed E-state index contributed by atoms with van der Waals surface area (Å²) in [5.41, 5.74) is 2.04. The highest BCUT2D eigenvalue weighted by Crippen LogP contribution is 2.32. The minimum atomic E-state index is -0.439. The molecule has 34 heavy (non-hydrogen) atoms. The van der Waals surface area contributed by atoms with Gasteiger partial charge in [0.05, 0.1) is 36.3 Å². The summed E-state index contributed by atoms with van der Waals surface area (Å²) < 4.78 is 12.6. The topological polar surface area (TPSA) is 73.7 Å². The van der Waals surface area contributed by atoms with Crippen LogP contribution in [0.4, 0.5) is 0 Å². The van der Waals surface area contributed by atoms with E-state index in [0.29, 0.717) is 41.3 Å². The molecule has 7 nitrogen and oxygen atoms in total. The zero-order valence-corrected chi connectivity index (χ0v) is 20.4. The summed E-state index contributed by atoms with van der Waals surface area (Å²) in [5.74, 6) is 1.19. The van der Waals surface area contributed by atoms with Crippen molar-refractivity contribution in [3.05, 3.63) is 64.2 Å². The zero-order chi connectivity index (χ0) is 24.2. The highest BCUT2D eigenvalue weighted by Gasteiger charge is 2.33. The van der Waals surface area contributed by atoms with Gasteiger partial charge in [0, 0.05) is 19.6 Å². The molecule has 180 valence electrons. The number of ether oxygens (including phenoxy) is 2. The highest BCUT2D eigenvalue weighted by molar-refractivity contribution is 5.80. The van der Waals surface area contributed by atoms with Gasteiger partial charge in [-0.25, -0.2) is 4.98 Å². The number of methoxy groups -OCH3 is 2. The Hall–Kier alpha value is -3.19. The maximum Gasteiger partial charge on any atom is 0.266 e. The van der Waals surface area contributed by atoms with Gasteiger partial charge in [0.15, 0.2) is 0 Å². The molecule has 1 unspecified atom stereocenters. The average Bonchev–Trinajstić information content (AvgIpc) is 3.39. The molecular weight excluding hydrogens is 430 g/mol. The van der Waals surface area contributed by atoms with Gasteiger partial charge < -0.3 is 14.4 Å². The predicted octanol–water partition coefficient (Wildman–Crippen LogP) is 4.43. The first-order valence-electron chi connectivity index (χ1n) is 11.9. The lowest BCUT2D eigenvalue weighted by Gasteiger charge is -2.32. The van der Waals surface area contributed by atoms with E-state index in [4.69, 9.17) is 14.5 Å². The molecule has 7 heteroatoms. The Morgan fingerprint density at radius 3 is 2.62 bits per heavy atom. The maximum atomic E-state index is 13.8. The molecule has 2 aromatic carbocycles. The molecule has 4 rings (SSSR count). The monoisotopic (exact) mass is 463 g/mol. The molecule has 1 aromatic heterocycles. The van der Waals surface area contributed by atoms with Crippen LogP contribution in [0.5, 0.6) is 5.75 Å². The second kappa shape index (κ2) is 10.4. The lowest BCUT2D eigenvalue weighted by Crippen LogP contribution is -2.41. The van der Waals surface area contributed by atoms with Gasteiger partial charge in [-0.3, -0.25) is 14.2 Å². The van der Waals surface area contributed by atoms with E-state index in [9.17, 15) is 9.59 Å². The fraction of sp³-hybridized carbons (Fsp3) is 0.444. The van der Waals surface area contributed by atoms with Gasteiger partial charge >= 0.3 is 0 Å². The molecule has 0 aliphatic heterocycles. The number of carbonyl (C=O) groups is 1. The Labute approximate surface area is 200 Å². The smallest absolute Gasteiger partial charge is 0.266 e. The molecule has 0 radical (unpaired) electrons. The van der Waals surface area contributed by atoms with Crippen LogP contribution in [0.2, 0.25) is 0 Å². The van der Waals surface area contributed by atoms with E-state index < -0.39 is 6.04 Å². The minimum Gasteiger partial charge on any atom is -0.495 e. The number of amides is 1. The molecule has 0 spiro atoms. The van der Waals surface area contributed by atoms with E-state index in [1.165, 1.54) is 0 Å². The van der Waals surface area contributed by atoms with Gasteiger partial charge in [-0.2, -0.15) is 0 Å². The Bertz CT molecular complexity index is 1230. The summed E-state index contributed by atoms with van der Waals surface area (Å²) in [5, 5.41) is 0.521. The van der Waals surface area contributed by atoms with Crippen LogP contribution in [0.1, 0.15) is 50.0 Å². The number of benzene rings is 2. The average molecular weight is 464 g/mol. The van der Waals surface area contributed by atoms with Crippen molar-refractivity contribution in [3.63, 3.8) is 0 Å². The van der Waals surface area contributed by atoms with Crippen LogP contribution >= 0.6 is 0 Å². The van der Waals surface area contributed by atoms with Crippen LogP contribution < -0.4 is 10.3 Å². The third-order valence-electron chi connectivity index (χ3n) is 6.74. The fourth-order valence-electron chi connectivity index (χ4n) is 4.87. The molecule has 1 saturated carbocycles. The van der Waals surface area contributed by atoms with Gasteiger partial charge in [-0.1, -0.05) is 31.0 Å². The third-order valence-corrected chi connectivity index (χ3v) is 6.74. The number of fused-ring (bicyclic) bond motifs is 1. The van der Waals surface area contributed by atoms with Crippen LogP contribution in [-0.4, -0.2) is 47.7 Å². The standard InChI is InChI=1S/C27H33N3O4/c1-18-13-14-24(34-4)23(17-18)30-25(28-22-12-8-7-11-21(22)27(30)32)19(2)29(15-16-33-3)26(31)20-9-5-6-10-20/h7-8,11-14,17,19-20H,5-6,9-10,15-16H2,1-4H3. The second-order valence-corrected chi connectivity index (χ2v) is 8.98. The van der Waals surface area contributed by atoms with Crippen LogP contribution in [0, 0.1) is 12.8 Å². The molecule has 3 aromatic rings. The van der Waals surface area contributed by atoms with Gasteiger partial charge in [0.25, 0.3) is 5.56 Å². The lowest BCUT2D eigenvalue weighted by molar-refractivity contribution is -0.138. The second-order valence-electron chi connectivity index (χ2n) is 8.98. The third kappa shape index (κ3) is 4.57. The van der Waals surface area contributed by atoms with Crippen molar-refractivity contribution >= 4 is 16.8 Å². The van der Waals surface area contributed by atoms with Gasteiger partial charge in [0.2, 0.25) is 5.91 Å². The highest BCUT2D eigenvalue weighted by atomic mass is 16.5. The number of carbonyl (C=O) groups excluding carboxylic acids is 1. The lowest BCUT2D eigenvalue weighted by atomic mass is 10.0. The SMILES string of the molecule is COCCN(C(=O)C1CCCC1)C(C)c1nc2ccccc2c(=O)n1-c1cc(C)ccc1OC. The largest absolute Gasteiger partial charge is 0.495 e. The van der Waals surface area contributed by atoms with Crippen molar-refractivity contribution in [2.75, 3.05) is 27.4 Å². The van der Waals surface area contributed by atoms with Crippen molar-refractivity contribution in [2.45, 2.75) is 45.6 Å². The van der Waals surface area contributed by atoms with Crippen LogP contribution in [0.3, 0.4) is 0 Å². The first-order valence-corrected chi connectivity index (χ1v) is 11.9. The number of rotatable bonds is 8. The predicted molar refractivity (Wildman–Crippen MR) is 133 cm³/mol. The van der Waals surface area contributed by atoms with Crippen molar-refractivity contribution in [2.24, 2.45) is 5.92 Å². The van der Waals surface area contributed by atoms with E-state index in [2.05, 4.69) is 0 Å². The molecule has 1 amide bonds. The summed E-state index contributed by atoms with van der Waals surface area (Å²) in [4.78, 5) is 34.2. The number of aromatic nitrogens is 2. The Morgan fingerprint density at radius 2 is 1.91 bits per heavy atom. The van der Waals surface area contributed by atoms with Crippen molar-refractivity contribution in [3.8, 4) is 11.4 Å². The number of aryl methyl sites for hydroxylation is 1. The van der Waals surface area contributed by atoms with Crippen LogP contribution in [-0.2, 0) is 9.53 Å². The number of hydrogen-bond donors (Lipinski definition) is 0. The van der Waals surface area contributed by atoms with E-state index in [1.807, 2.05) is 55.1 Å². The molecule has 1 heterocycles. The van der Waals surface area contributed by atoms with E-state index >= 15 is 0 Å². The van der Waals surface area contributed by atoms with E-state index in [-0.39, 0.29) is 17.4 Å². The normalized spacial score (nSPS) is 14.9. The van der Waals surface area contributed by atoms with Gasteiger partial charge in [-0.05, 0) is 56.5 Å². The molecular formula is C27H33N3O4. The Balaban J connectivity index is 1.92. The summed E-state index contributed by atoms with van der Waals surface area (Å²) in [6, 6.07) is 12.6. The first-order chi connectivity index (χ1) is 16.5. The van der Waals surface area contributed by atoms with Crippen molar-refractivity contribution in [1.82, 2.24) is 14.5 Å². The maximum absolute atomic E-state index is 13.8. The van der Waals surface area contributed by atoms with Crippen molar-refractivity contribution < 1.29 is 14.3 Å². The molecule has 1 atom stereocenters. The molecule has 1 fully saturated rings.